The molecule has 0 aromatic rings. The van der Waals surface area contributed by atoms with Gasteiger partial charge in [0.15, 0.2) is 5.41 Å². The van der Waals surface area contributed by atoms with Crippen molar-refractivity contribution in [2.75, 3.05) is 14.2 Å². The van der Waals surface area contributed by atoms with Crippen LogP contribution in [0.15, 0.2) is 24.8 Å². The number of carbonyl (C=O) groups excluding carboxylic acids is 2. The van der Waals surface area contributed by atoms with Crippen molar-refractivity contribution in [2.45, 2.75) is 38.5 Å². The van der Waals surface area contributed by atoms with E-state index in [0.29, 0.717) is 6.42 Å². The van der Waals surface area contributed by atoms with Crippen LogP contribution in [0.3, 0.4) is 0 Å². The van der Waals surface area contributed by atoms with Crippen molar-refractivity contribution in [3.63, 3.8) is 0 Å². The quantitative estimate of drug-likeness (QED) is 0.454. The van der Waals surface area contributed by atoms with Crippen LogP contribution in [0, 0.1) is 23.2 Å². The van der Waals surface area contributed by atoms with Gasteiger partial charge in [0.05, 0.1) is 14.2 Å². The molecule has 0 bridgehead atoms. The Kier molecular flexibility index (Phi) is 5.09. The molecule has 0 heterocycles. The van der Waals surface area contributed by atoms with Crippen LogP contribution in [-0.2, 0) is 19.1 Å². The Morgan fingerprint density at radius 3 is 2.14 bits per heavy atom. The molecule has 2 atom stereocenters. The summed E-state index contributed by atoms with van der Waals surface area (Å²) in [5, 5.41) is 0. The van der Waals surface area contributed by atoms with Gasteiger partial charge in [-0.1, -0.05) is 37.5 Å². The molecular weight excluding hydrogens is 280 g/mol. The Hall–Kier alpha value is -1.58. The Morgan fingerprint density at radius 2 is 1.68 bits per heavy atom. The lowest BCUT2D eigenvalue weighted by molar-refractivity contribution is -0.173. The minimum atomic E-state index is -1.26. The van der Waals surface area contributed by atoms with Gasteiger partial charge in [0, 0.05) is 5.92 Å². The van der Waals surface area contributed by atoms with Gasteiger partial charge in [-0.3, -0.25) is 9.59 Å². The zero-order valence-electron chi connectivity index (χ0n) is 13.6. The number of rotatable bonds is 4. The molecule has 0 aromatic heterocycles. The average molecular weight is 306 g/mol. The molecule has 0 aliphatic heterocycles. The van der Waals surface area contributed by atoms with E-state index in [9.17, 15) is 9.59 Å². The van der Waals surface area contributed by atoms with Gasteiger partial charge in [-0.25, -0.2) is 0 Å². The molecular formula is C18H26O4. The topological polar surface area (TPSA) is 52.6 Å². The van der Waals surface area contributed by atoms with Gasteiger partial charge >= 0.3 is 11.9 Å². The Balaban J connectivity index is 2.50. The molecule has 2 unspecified atom stereocenters. The smallest absolute Gasteiger partial charge is 0.323 e. The van der Waals surface area contributed by atoms with Crippen LogP contribution in [0.4, 0.5) is 0 Å². The van der Waals surface area contributed by atoms with Crippen molar-refractivity contribution in [2.24, 2.45) is 23.2 Å². The fourth-order valence-corrected chi connectivity index (χ4v) is 4.43. The van der Waals surface area contributed by atoms with Gasteiger partial charge in [-0.2, -0.15) is 0 Å². The summed E-state index contributed by atoms with van der Waals surface area (Å²) in [6.45, 7) is 8.05. The highest BCUT2D eigenvalue weighted by Crippen LogP contribution is 2.56. The third kappa shape index (κ3) is 2.49. The molecule has 0 aromatic carbocycles. The second-order valence-electron chi connectivity index (χ2n) is 6.45. The number of esters is 2. The SMILES string of the molecule is C=CC1CC(C(=O)OC)(C(=O)OC)C(C2CCCCC2)C1=C. The normalized spacial score (nSPS) is 28.2. The molecule has 0 spiro atoms. The summed E-state index contributed by atoms with van der Waals surface area (Å²) >= 11 is 0. The Labute approximate surface area is 132 Å². The molecule has 22 heavy (non-hydrogen) atoms. The molecule has 4 heteroatoms. The van der Waals surface area contributed by atoms with E-state index in [4.69, 9.17) is 9.47 Å². The zero-order valence-corrected chi connectivity index (χ0v) is 13.6. The highest BCUT2D eigenvalue weighted by molar-refractivity contribution is 6.01. The molecule has 0 N–H and O–H groups in total. The molecule has 2 saturated carbocycles. The Bertz CT molecular complexity index is 457. The van der Waals surface area contributed by atoms with E-state index in [-0.39, 0.29) is 17.8 Å². The van der Waals surface area contributed by atoms with E-state index in [1.807, 2.05) is 0 Å². The maximum Gasteiger partial charge on any atom is 0.323 e. The largest absolute Gasteiger partial charge is 0.468 e. The van der Waals surface area contributed by atoms with Crippen molar-refractivity contribution in [3.05, 3.63) is 24.8 Å². The summed E-state index contributed by atoms with van der Waals surface area (Å²) < 4.78 is 10.0. The fourth-order valence-electron chi connectivity index (χ4n) is 4.43. The van der Waals surface area contributed by atoms with Gasteiger partial charge in [0.25, 0.3) is 0 Å². The number of hydrogen-bond acceptors (Lipinski definition) is 4. The van der Waals surface area contributed by atoms with Crippen LogP contribution in [0.25, 0.3) is 0 Å². The highest BCUT2D eigenvalue weighted by atomic mass is 16.5. The van der Waals surface area contributed by atoms with Crippen molar-refractivity contribution in [1.29, 1.82) is 0 Å². The average Bonchev–Trinajstić information content (AvgIpc) is 2.87. The maximum atomic E-state index is 12.6. The zero-order chi connectivity index (χ0) is 16.3. The maximum absolute atomic E-state index is 12.6. The molecule has 2 aliphatic carbocycles. The van der Waals surface area contributed by atoms with Gasteiger partial charge in [-0.15, -0.1) is 6.58 Å². The van der Waals surface area contributed by atoms with Gasteiger partial charge in [0.2, 0.25) is 0 Å². The van der Waals surface area contributed by atoms with Crippen LogP contribution in [0.1, 0.15) is 38.5 Å². The predicted molar refractivity (Wildman–Crippen MR) is 84.0 cm³/mol. The monoisotopic (exact) mass is 306 g/mol. The minimum Gasteiger partial charge on any atom is -0.468 e. The lowest BCUT2D eigenvalue weighted by atomic mass is 9.66. The standard InChI is InChI=1S/C18H26O4/c1-5-13-11-18(16(19)21-3,17(20)22-4)15(12(13)2)14-9-7-6-8-10-14/h5,13-15H,1-2,6-11H2,3-4H3. The van der Waals surface area contributed by atoms with E-state index in [2.05, 4.69) is 13.2 Å². The first-order valence-electron chi connectivity index (χ1n) is 8.01. The van der Waals surface area contributed by atoms with E-state index in [0.717, 1.165) is 31.3 Å². The van der Waals surface area contributed by atoms with Gasteiger partial charge < -0.3 is 9.47 Å². The first-order valence-corrected chi connectivity index (χ1v) is 8.01. The molecule has 2 aliphatic rings. The Morgan fingerprint density at radius 1 is 1.14 bits per heavy atom. The third-order valence-electron chi connectivity index (χ3n) is 5.45. The fraction of sp³-hybridized carbons (Fsp3) is 0.667. The van der Waals surface area contributed by atoms with Crippen molar-refractivity contribution < 1.29 is 19.1 Å². The molecule has 122 valence electrons. The van der Waals surface area contributed by atoms with Crippen LogP contribution in [0.5, 0.6) is 0 Å². The summed E-state index contributed by atoms with van der Waals surface area (Å²) in [5.41, 5.74) is -0.334. The summed E-state index contributed by atoms with van der Waals surface area (Å²) in [6.07, 6.45) is 7.65. The van der Waals surface area contributed by atoms with Crippen molar-refractivity contribution in [1.82, 2.24) is 0 Å². The summed E-state index contributed by atoms with van der Waals surface area (Å²) in [6, 6.07) is 0. The second kappa shape index (κ2) is 6.67. The summed E-state index contributed by atoms with van der Waals surface area (Å²) in [7, 11) is 2.66. The van der Waals surface area contributed by atoms with E-state index in [1.54, 1.807) is 6.08 Å². The second-order valence-corrected chi connectivity index (χ2v) is 6.45. The molecule has 4 nitrogen and oxygen atoms in total. The van der Waals surface area contributed by atoms with Gasteiger partial charge in [-0.05, 0) is 31.1 Å². The lowest BCUT2D eigenvalue weighted by Gasteiger charge is -2.37. The minimum absolute atomic E-state index is 0.0508. The third-order valence-corrected chi connectivity index (χ3v) is 5.45. The van der Waals surface area contributed by atoms with Crippen molar-refractivity contribution in [3.8, 4) is 0 Å². The van der Waals surface area contributed by atoms with Gasteiger partial charge in [0.1, 0.15) is 0 Å². The van der Waals surface area contributed by atoms with Crippen LogP contribution in [-0.4, -0.2) is 26.2 Å². The van der Waals surface area contributed by atoms with E-state index in [1.165, 1.54) is 20.6 Å². The molecule has 2 rings (SSSR count). The molecule has 0 amide bonds. The summed E-state index contributed by atoms with van der Waals surface area (Å²) in [5.74, 6) is -0.980. The first kappa shape index (κ1) is 16.8. The highest BCUT2D eigenvalue weighted by Gasteiger charge is 2.62. The summed E-state index contributed by atoms with van der Waals surface area (Å²) in [4.78, 5) is 25.2. The number of methoxy groups -OCH3 is 2. The number of hydrogen-bond donors (Lipinski definition) is 0. The lowest BCUT2D eigenvalue weighted by Crippen LogP contribution is -2.47. The van der Waals surface area contributed by atoms with E-state index >= 15 is 0 Å². The first-order chi connectivity index (χ1) is 10.5. The predicted octanol–water partition coefficient (Wildman–Crippen LogP) is 3.28. The van der Waals surface area contributed by atoms with E-state index < -0.39 is 17.4 Å². The van der Waals surface area contributed by atoms with Crippen LogP contribution < -0.4 is 0 Å². The molecule has 0 saturated heterocycles. The molecule has 0 radical (unpaired) electrons. The number of ether oxygens (including phenoxy) is 2. The van der Waals surface area contributed by atoms with Crippen LogP contribution in [0.2, 0.25) is 0 Å². The van der Waals surface area contributed by atoms with Crippen molar-refractivity contribution >= 4 is 11.9 Å². The number of allylic oxidation sites excluding steroid dienone is 2. The number of carbonyl (C=O) groups is 2. The van der Waals surface area contributed by atoms with Crippen LogP contribution >= 0.6 is 0 Å². The molecule has 2 fully saturated rings.